The number of aliphatic carboxylic acids is 1. The highest BCUT2D eigenvalue weighted by Crippen LogP contribution is 2.25. The number of hydrogen-bond acceptors (Lipinski definition) is 6. The highest BCUT2D eigenvalue weighted by atomic mass is 79.9. The molecule has 0 unspecified atom stereocenters. The van der Waals surface area contributed by atoms with Crippen LogP contribution in [0.15, 0.2) is 39.7 Å². The van der Waals surface area contributed by atoms with Crippen molar-refractivity contribution in [2.45, 2.75) is 33.2 Å². The fourth-order valence-electron chi connectivity index (χ4n) is 2.62. The van der Waals surface area contributed by atoms with Crippen molar-refractivity contribution >= 4 is 27.7 Å². The van der Waals surface area contributed by atoms with E-state index < -0.39 is 23.8 Å². The van der Waals surface area contributed by atoms with E-state index in [0.717, 1.165) is 12.1 Å². The first-order valence-corrected chi connectivity index (χ1v) is 10.3. The minimum Gasteiger partial charge on any atom is -0.487 e. The summed E-state index contributed by atoms with van der Waals surface area (Å²) in [6.07, 6.45) is -3.50. The average Bonchev–Trinajstić information content (AvgIpc) is 2.75. The van der Waals surface area contributed by atoms with Gasteiger partial charge >= 0.3 is 12.1 Å². The number of aryl methyl sites for hydroxylation is 2. The number of aromatic nitrogens is 3. The number of pyridine rings is 1. The maximum atomic E-state index is 13.8. The van der Waals surface area contributed by atoms with E-state index >= 15 is 0 Å². The molecular formula is C21H18BrF5N4O4. The summed E-state index contributed by atoms with van der Waals surface area (Å²) >= 11 is 3.24. The molecule has 0 aliphatic carbocycles. The lowest BCUT2D eigenvalue weighted by Gasteiger charge is -2.15. The van der Waals surface area contributed by atoms with E-state index in [-0.39, 0.29) is 34.5 Å². The van der Waals surface area contributed by atoms with Crippen LogP contribution in [0.4, 0.5) is 27.8 Å². The number of carboxylic acids is 1. The molecule has 1 aromatic carbocycles. The molecule has 0 saturated carbocycles. The quantitative estimate of drug-likeness (QED) is 0.447. The summed E-state index contributed by atoms with van der Waals surface area (Å²) in [6.45, 7) is 3.52. The molecule has 0 fully saturated rings. The second kappa shape index (κ2) is 11.3. The summed E-state index contributed by atoms with van der Waals surface area (Å²) in [4.78, 5) is 29.8. The van der Waals surface area contributed by atoms with Gasteiger partial charge in [0.1, 0.15) is 40.1 Å². The van der Waals surface area contributed by atoms with E-state index in [9.17, 15) is 26.7 Å². The van der Waals surface area contributed by atoms with Crippen LogP contribution < -0.4 is 16.0 Å². The zero-order valence-corrected chi connectivity index (χ0v) is 19.7. The van der Waals surface area contributed by atoms with Gasteiger partial charge in [-0.15, -0.1) is 0 Å². The zero-order valence-electron chi connectivity index (χ0n) is 18.2. The van der Waals surface area contributed by atoms with Crippen LogP contribution in [0.5, 0.6) is 5.75 Å². The molecule has 8 nitrogen and oxygen atoms in total. The van der Waals surface area contributed by atoms with Gasteiger partial charge in [-0.3, -0.25) is 4.79 Å². The molecule has 14 heteroatoms. The Balaban J connectivity index is 0.000000540. The number of ether oxygens (including phenoxy) is 1. The lowest BCUT2D eigenvalue weighted by Crippen LogP contribution is -2.25. The van der Waals surface area contributed by atoms with Crippen LogP contribution in [-0.2, 0) is 17.9 Å². The number of benzene rings is 1. The molecule has 0 saturated heterocycles. The maximum Gasteiger partial charge on any atom is 0.490 e. The van der Waals surface area contributed by atoms with Gasteiger partial charge in [0.25, 0.3) is 5.56 Å². The third kappa shape index (κ3) is 7.47. The summed E-state index contributed by atoms with van der Waals surface area (Å²) < 4.78 is 65.8. The van der Waals surface area contributed by atoms with Crippen LogP contribution in [0, 0.1) is 25.5 Å². The molecule has 0 spiro atoms. The zero-order chi connectivity index (χ0) is 26.5. The number of nitrogens with zero attached hydrogens (tertiary/aromatic N) is 3. The van der Waals surface area contributed by atoms with Crippen molar-refractivity contribution in [3.63, 3.8) is 0 Å². The summed E-state index contributed by atoms with van der Waals surface area (Å²) in [5.74, 6) is -3.02. The van der Waals surface area contributed by atoms with E-state index in [1.165, 1.54) is 10.6 Å². The Labute approximate surface area is 203 Å². The predicted molar refractivity (Wildman–Crippen MR) is 118 cm³/mol. The van der Waals surface area contributed by atoms with Gasteiger partial charge in [0.05, 0.1) is 6.54 Å². The maximum absolute atomic E-state index is 13.8. The van der Waals surface area contributed by atoms with Gasteiger partial charge < -0.3 is 20.1 Å². The van der Waals surface area contributed by atoms with Crippen LogP contribution in [0.3, 0.4) is 0 Å². The van der Waals surface area contributed by atoms with Crippen molar-refractivity contribution in [1.29, 1.82) is 0 Å². The number of carboxylic acid groups (broad SMARTS) is 1. The van der Waals surface area contributed by atoms with Crippen molar-refractivity contribution < 1.29 is 36.6 Å². The molecule has 2 heterocycles. The Hall–Kier alpha value is -3.55. The normalized spacial score (nSPS) is 11.0. The molecule has 3 aromatic rings. The van der Waals surface area contributed by atoms with Crippen molar-refractivity contribution in [3.8, 4) is 5.75 Å². The van der Waals surface area contributed by atoms with Crippen LogP contribution >= 0.6 is 15.9 Å². The Bertz CT molecular complexity index is 1300. The molecule has 2 aromatic heterocycles. The van der Waals surface area contributed by atoms with Crippen molar-refractivity contribution in [2.75, 3.05) is 5.73 Å². The van der Waals surface area contributed by atoms with Crippen molar-refractivity contribution in [2.24, 2.45) is 0 Å². The SMILES string of the molecule is Cc1ncc(Cn2c(C)cc(OCc3ccc(F)cc3F)c(Br)c2=O)c(N)n1.O=C(O)C(F)(F)F. The molecule has 3 rings (SSSR count). The van der Waals surface area contributed by atoms with Gasteiger partial charge in [-0.05, 0) is 41.9 Å². The molecule has 0 aliphatic heterocycles. The molecule has 0 radical (unpaired) electrons. The largest absolute Gasteiger partial charge is 0.490 e. The molecule has 188 valence electrons. The summed E-state index contributed by atoms with van der Waals surface area (Å²) in [7, 11) is 0. The second-order valence-corrected chi connectivity index (χ2v) is 7.80. The van der Waals surface area contributed by atoms with Crippen molar-refractivity contribution in [1.82, 2.24) is 14.5 Å². The van der Waals surface area contributed by atoms with Crippen LogP contribution in [0.2, 0.25) is 0 Å². The third-order valence-electron chi connectivity index (χ3n) is 4.40. The van der Waals surface area contributed by atoms with E-state index in [1.54, 1.807) is 26.1 Å². The number of halogens is 6. The molecule has 0 atom stereocenters. The Kier molecular flexibility index (Phi) is 8.90. The number of alkyl halides is 3. The summed E-state index contributed by atoms with van der Waals surface area (Å²) in [5, 5.41) is 7.12. The van der Waals surface area contributed by atoms with Gasteiger partial charge in [0.2, 0.25) is 0 Å². The van der Waals surface area contributed by atoms with Gasteiger partial charge in [-0.2, -0.15) is 13.2 Å². The molecule has 35 heavy (non-hydrogen) atoms. The number of anilines is 1. The fraction of sp³-hybridized carbons (Fsp3) is 0.238. The first-order chi connectivity index (χ1) is 16.2. The lowest BCUT2D eigenvalue weighted by molar-refractivity contribution is -0.192. The first-order valence-electron chi connectivity index (χ1n) is 9.55. The Morgan fingerprint density at radius 2 is 1.83 bits per heavy atom. The number of nitrogens with two attached hydrogens (primary N) is 1. The van der Waals surface area contributed by atoms with Gasteiger partial charge in [-0.1, -0.05) is 0 Å². The van der Waals surface area contributed by atoms with E-state index in [1.807, 2.05) is 0 Å². The molecule has 0 bridgehead atoms. The standard InChI is InChI=1S/C19H17BrF2N4O2.C2HF3O2/c1-10-5-16(28-9-12-3-4-14(21)6-15(12)22)17(20)19(27)26(10)8-13-7-24-11(2)25-18(13)23;3-2(4,5)1(6)7/h3-7H,8-9H2,1-2H3,(H2,23,24,25);(H,6,7). The van der Waals surface area contributed by atoms with E-state index in [0.29, 0.717) is 22.9 Å². The Morgan fingerprint density at radius 1 is 1.20 bits per heavy atom. The Morgan fingerprint density at radius 3 is 2.37 bits per heavy atom. The third-order valence-corrected chi connectivity index (χ3v) is 5.13. The van der Waals surface area contributed by atoms with Crippen LogP contribution in [0.25, 0.3) is 0 Å². The van der Waals surface area contributed by atoms with Gasteiger partial charge in [0, 0.05) is 35.2 Å². The van der Waals surface area contributed by atoms with Gasteiger partial charge in [0.15, 0.2) is 0 Å². The van der Waals surface area contributed by atoms with Crippen molar-refractivity contribution in [3.05, 3.63) is 79.6 Å². The topological polar surface area (TPSA) is 120 Å². The highest BCUT2D eigenvalue weighted by molar-refractivity contribution is 9.10. The number of hydrogen-bond donors (Lipinski definition) is 2. The molecule has 3 N–H and O–H groups in total. The summed E-state index contributed by atoms with van der Waals surface area (Å²) in [6, 6.07) is 4.88. The number of carbonyl (C=O) groups is 1. The van der Waals surface area contributed by atoms with Crippen LogP contribution in [-0.4, -0.2) is 31.8 Å². The van der Waals surface area contributed by atoms with E-state index in [2.05, 4.69) is 25.9 Å². The number of nitrogen functional groups attached to an aromatic ring is 1. The smallest absolute Gasteiger partial charge is 0.487 e. The highest BCUT2D eigenvalue weighted by Gasteiger charge is 2.38. The first kappa shape index (κ1) is 27.7. The predicted octanol–water partition coefficient (Wildman–Crippen LogP) is 4.14. The van der Waals surface area contributed by atoms with Gasteiger partial charge in [-0.25, -0.2) is 23.5 Å². The number of rotatable bonds is 5. The minimum atomic E-state index is -5.08. The second-order valence-electron chi connectivity index (χ2n) is 7.01. The molecular weight excluding hydrogens is 547 g/mol. The lowest BCUT2D eigenvalue weighted by atomic mass is 10.2. The fourth-order valence-corrected chi connectivity index (χ4v) is 3.06. The van der Waals surface area contributed by atoms with E-state index in [4.69, 9.17) is 20.4 Å². The average molecular weight is 565 g/mol. The molecule has 0 aliphatic rings. The summed E-state index contributed by atoms with van der Waals surface area (Å²) in [5.41, 5.74) is 6.98. The molecule has 0 amide bonds. The minimum absolute atomic E-state index is 0.146. The monoisotopic (exact) mass is 564 g/mol. The van der Waals surface area contributed by atoms with Crippen LogP contribution in [0.1, 0.15) is 22.6 Å².